The van der Waals surface area contributed by atoms with Crippen LogP contribution in [0.4, 0.5) is 10.1 Å². The Morgan fingerprint density at radius 2 is 1.92 bits per heavy atom. The molecule has 1 heterocycles. The van der Waals surface area contributed by atoms with Crippen LogP contribution in [0.5, 0.6) is 0 Å². The number of rotatable bonds is 4. The molecule has 1 N–H and O–H groups in total. The molecule has 7 nitrogen and oxygen atoms in total. The number of aromatic nitrogens is 2. The van der Waals surface area contributed by atoms with Crippen LogP contribution in [0.3, 0.4) is 0 Å². The highest BCUT2D eigenvalue weighted by Crippen LogP contribution is 2.21. The van der Waals surface area contributed by atoms with Crippen molar-refractivity contribution >= 4 is 17.6 Å². The lowest BCUT2D eigenvalue weighted by Crippen LogP contribution is -2.13. The minimum absolute atomic E-state index is 0.0988. The zero-order valence-corrected chi connectivity index (χ0v) is 13.0. The number of nitrogens with one attached hydrogen (secondary N) is 1. The first kappa shape index (κ1) is 16.3. The monoisotopic (exact) mass is 341 g/mol. The topological polar surface area (TPSA) is 94.3 Å². The summed E-state index contributed by atoms with van der Waals surface area (Å²) in [6.07, 6.45) is 0. The summed E-state index contributed by atoms with van der Waals surface area (Å²) in [5.41, 5.74) is 0.721. The smallest absolute Gasteiger partial charge is 0.337 e. The van der Waals surface area contributed by atoms with Gasteiger partial charge in [0.1, 0.15) is 5.82 Å². The molecule has 0 bridgehead atoms. The molecule has 0 saturated heterocycles. The molecule has 0 spiro atoms. The van der Waals surface area contributed by atoms with Crippen molar-refractivity contribution in [2.75, 3.05) is 12.4 Å². The number of hydrogen-bond donors (Lipinski definition) is 1. The molecule has 0 atom stereocenters. The number of carbonyl (C=O) groups is 2. The van der Waals surface area contributed by atoms with E-state index in [0.717, 1.165) is 0 Å². The number of halogens is 1. The van der Waals surface area contributed by atoms with Crippen molar-refractivity contribution in [1.82, 2.24) is 10.2 Å². The van der Waals surface area contributed by atoms with Crippen LogP contribution in [0, 0.1) is 5.82 Å². The van der Waals surface area contributed by atoms with Crippen LogP contribution in [0.25, 0.3) is 11.5 Å². The van der Waals surface area contributed by atoms with Crippen molar-refractivity contribution in [2.24, 2.45) is 0 Å². The van der Waals surface area contributed by atoms with Gasteiger partial charge in [-0.05, 0) is 30.3 Å². The van der Waals surface area contributed by atoms with Crippen LogP contribution in [-0.4, -0.2) is 29.2 Å². The Hall–Kier alpha value is -3.55. The second kappa shape index (κ2) is 6.91. The van der Waals surface area contributed by atoms with Crippen LogP contribution in [0.1, 0.15) is 21.0 Å². The van der Waals surface area contributed by atoms with Crippen molar-refractivity contribution in [3.05, 3.63) is 65.8 Å². The molecule has 0 fully saturated rings. The molecule has 1 aromatic heterocycles. The molecule has 0 saturated carbocycles. The molecule has 0 unspecified atom stereocenters. The predicted octanol–water partition coefficient (Wildman–Crippen LogP) is 2.91. The lowest BCUT2D eigenvalue weighted by molar-refractivity contribution is 0.0600. The Labute approximate surface area is 141 Å². The van der Waals surface area contributed by atoms with Gasteiger partial charge in [-0.2, -0.15) is 0 Å². The third-order valence-corrected chi connectivity index (χ3v) is 3.27. The summed E-state index contributed by atoms with van der Waals surface area (Å²) in [5.74, 6) is -2.19. The number of ether oxygens (including phenoxy) is 1. The van der Waals surface area contributed by atoms with E-state index in [1.807, 2.05) is 0 Å². The lowest BCUT2D eigenvalue weighted by atomic mass is 10.2. The number of nitrogens with zero attached hydrogens (tertiary/aromatic N) is 2. The minimum Gasteiger partial charge on any atom is -0.465 e. The van der Waals surface area contributed by atoms with Crippen LogP contribution in [0.15, 0.2) is 52.9 Å². The summed E-state index contributed by atoms with van der Waals surface area (Å²) < 4.78 is 23.5. The standard InChI is InChI=1S/C17H12FN3O4/c1-24-17(23)10-5-4-6-11(9-10)19-14(22)16-21-20-15(25-16)12-7-2-3-8-13(12)18/h2-9H,1H3,(H,19,22). The zero-order valence-electron chi connectivity index (χ0n) is 13.0. The molecule has 8 heteroatoms. The fraction of sp³-hybridized carbons (Fsp3) is 0.0588. The first-order chi connectivity index (χ1) is 12.1. The van der Waals surface area contributed by atoms with E-state index < -0.39 is 17.7 Å². The van der Waals surface area contributed by atoms with E-state index in [-0.39, 0.29) is 22.9 Å². The average Bonchev–Trinajstić information content (AvgIpc) is 3.11. The number of amides is 1. The van der Waals surface area contributed by atoms with Crippen molar-refractivity contribution in [3.8, 4) is 11.5 Å². The Bertz CT molecular complexity index is 939. The van der Waals surface area contributed by atoms with Crippen molar-refractivity contribution in [2.45, 2.75) is 0 Å². The van der Waals surface area contributed by atoms with Gasteiger partial charge in [0.15, 0.2) is 0 Å². The fourth-order valence-corrected chi connectivity index (χ4v) is 2.08. The van der Waals surface area contributed by atoms with Crippen molar-refractivity contribution in [1.29, 1.82) is 0 Å². The Balaban J connectivity index is 1.79. The molecule has 126 valence electrons. The van der Waals surface area contributed by atoms with E-state index >= 15 is 0 Å². The van der Waals surface area contributed by atoms with Crippen molar-refractivity contribution in [3.63, 3.8) is 0 Å². The zero-order chi connectivity index (χ0) is 17.8. The second-order valence-electron chi connectivity index (χ2n) is 4.92. The lowest BCUT2D eigenvalue weighted by Gasteiger charge is -2.04. The van der Waals surface area contributed by atoms with Gasteiger partial charge in [0, 0.05) is 5.69 Å². The highest BCUT2D eigenvalue weighted by atomic mass is 19.1. The molecular formula is C17H12FN3O4. The van der Waals surface area contributed by atoms with Gasteiger partial charge in [-0.25, -0.2) is 9.18 Å². The number of hydrogen-bond acceptors (Lipinski definition) is 6. The summed E-state index contributed by atoms with van der Waals surface area (Å²) in [4.78, 5) is 23.7. The van der Waals surface area contributed by atoms with Gasteiger partial charge in [-0.3, -0.25) is 4.79 Å². The number of anilines is 1. The third kappa shape index (κ3) is 3.52. The first-order valence-corrected chi connectivity index (χ1v) is 7.16. The summed E-state index contributed by atoms with van der Waals surface area (Å²) in [7, 11) is 1.26. The van der Waals surface area contributed by atoms with E-state index in [1.165, 1.54) is 31.4 Å². The Morgan fingerprint density at radius 1 is 1.12 bits per heavy atom. The van der Waals surface area contributed by atoms with E-state index in [9.17, 15) is 14.0 Å². The van der Waals surface area contributed by atoms with Gasteiger partial charge in [-0.15, -0.1) is 10.2 Å². The molecule has 0 aliphatic heterocycles. The molecular weight excluding hydrogens is 329 g/mol. The highest BCUT2D eigenvalue weighted by molar-refractivity contribution is 6.01. The van der Waals surface area contributed by atoms with Crippen molar-refractivity contribution < 1.29 is 23.1 Å². The Kier molecular flexibility index (Phi) is 4.51. The summed E-state index contributed by atoms with van der Waals surface area (Å²) in [6.45, 7) is 0. The molecule has 25 heavy (non-hydrogen) atoms. The maximum atomic E-state index is 13.7. The van der Waals surface area contributed by atoms with Gasteiger partial charge in [0.2, 0.25) is 0 Å². The fourth-order valence-electron chi connectivity index (χ4n) is 2.08. The van der Waals surface area contributed by atoms with Crippen LogP contribution in [-0.2, 0) is 4.74 Å². The molecule has 2 aromatic carbocycles. The number of methoxy groups -OCH3 is 1. The SMILES string of the molecule is COC(=O)c1cccc(NC(=O)c2nnc(-c3ccccc3F)o2)c1. The van der Waals surface area contributed by atoms with Crippen LogP contribution in [0.2, 0.25) is 0 Å². The average molecular weight is 341 g/mol. The first-order valence-electron chi connectivity index (χ1n) is 7.16. The Morgan fingerprint density at radius 3 is 2.68 bits per heavy atom. The number of carbonyl (C=O) groups excluding carboxylic acids is 2. The highest BCUT2D eigenvalue weighted by Gasteiger charge is 2.18. The predicted molar refractivity (Wildman–Crippen MR) is 85.4 cm³/mol. The molecule has 0 aliphatic rings. The quantitative estimate of drug-likeness (QED) is 0.733. The van der Waals surface area contributed by atoms with E-state index in [0.29, 0.717) is 5.69 Å². The van der Waals surface area contributed by atoms with Gasteiger partial charge < -0.3 is 14.5 Å². The van der Waals surface area contributed by atoms with Gasteiger partial charge in [-0.1, -0.05) is 18.2 Å². The maximum Gasteiger partial charge on any atom is 0.337 e. The van der Waals surface area contributed by atoms with Crippen LogP contribution < -0.4 is 5.32 Å². The third-order valence-electron chi connectivity index (χ3n) is 3.27. The van der Waals surface area contributed by atoms with E-state index in [2.05, 4.69) is 20.3 Å². The number of esters is 1. The molecule has 0 radical (unpaired) electrons. The molecule has 1 amide bonds. The minimum atomic E-state index is -0.683. The normalized spacial score (nSPS) is 10.3. The summed E-state index contributed by atoms with van der Waals surface area (Å²) >= 11 is 0. The van der Waals surface area contributed by atoms with Gasteiger partial charge in [0.05, 0.1) is 18.2 Å². The van der Waals surface area contributed by atoms with Crippen LogP contribution >= 0.6 is 0 Å². The summed E-state index contributed by atoms with van der Waals surface area (Å²) in [5, 5.41) is 9.81. The molecule has 3 rings (SSSR count). The summed E-state index contributed by atoms with van der Waals surface area (Å²) in [6, 6.07) is 12.0. The molecule has 3 aromatic rings. The second-order valence-corrected chi connectivity index (χ2v) is 4.92. The van der Waals surface area contributed by atoms with E-state index in [1.54, 1.807) is 24.3 Å². The van der Waals surface area contributed by atoms with Gasteiger partial charge >= 0.3 is 17.8 Å². The molecule has 0 aliphatic carbocycles. The largest absolute Gasteiger partial charge is 0.465 e. The van der Waals surface area contributed by atoms with Gasteiger partial charge in [0.25, 0.3) is 5.89 Å². The number of benzene rings is 2. The van der Waals surface area contributed by atoms with E-state index in [4.69, 9.17) is 4.42 Å². The maximum absolute atomic E-state index is 13.7.